The summed E-state index contributed by atoms with van der Waals surface area (Å²) in [6.45, 7) is 6.49. The van der Waals surface area contributed by atoms with E-state index in [2.05, 4.69) is 20.5 Å². The van der Waals surface area contributed by atoms with E-state index >= 15 is 0 Å². The van der Waals surface area contributed by atoms with E-state index in [1.807, 2.05) is 7.05 Å². The van der Waals surface area contributed by atoms with Gasteiger partial charge in [0.1, 0.15) is 0 Å². The summed E-state index contributed by atoms with van der Waals surface area (Å²) in [5, 5.41) is 6.98. The molecular formula is C17H34N4O. The molecule has 0 aromatic heterocycles. The van der Waals surface area contributed by atoms with Crippen LogP contribution in [0.4, 0.5) is 0 Å². The molecule has 5 heteroatoms. The first kappa shape index (κ1) is 17.5. The second kappa shape index (κ2) is 9.36. The third-order valence-corrected chi connectivity index (χ3v) is 5.27. The van der Waals surface area contributed by atoms with Crippen LogP contribution in [-0.4, -0.2) is 64.3 Å². The quantitative estimate of drug-likeness (QED) is 0.530. The molecule has 1 heterocycles. The zero-order valence-electron chi connectivity index (χ0n) is 14.5. The van der Waals surface area contributed by atoms with Gasteiger partial charge in [0.15, 0.2) is 5.96 Å². The Kier molecular flexibility index (Phi) is 7.46. The Morgan fingerprint density at radius 2 is 1.91 bits per heavy atom. The molecule has 1 saturated heterocycles. The van der Waals surface area contributed by atoms with Crippen LogP contribution in [-0.2, 0) is 4.74 Å². The largest absolute Gasteiger partial charge is 0.385 e. The highest BCUT2D eigenvalue weighted by molar-refractivity contribution is 5.79. The van der Waals surface area contributed by atoms with Gasteiger partial charge < -0.3 is 20.3 Å². The maximum absolute atomic E-state index is 5.26. The maximum atomic E-state index is 5.26. The van der Waals surface area contributed by atoms with Gasteiger partial charge in [-0.15, -0.1) is 0 Å². The number of nitrogens with one attached hydrogen (secondary N) is 2. The number of nitrogens with zero attached hydrogens (tertiary/aromatic N) is 2. The molecule has 22 heavy (non-hydrogen) atoms. The van der Waals surface area contributed by atoms with E-state index in [9.17, 15) is 0 Å². The summed E-state index contributed by atoms with van der Waals surface area (Å²) < 4.78 is 5.26. The molecule has 0 amide bonds. The lowest BCUT2D eigenvalue weighted by Gasteiger charge is -2.42. The van der Waals surface area contributed by atoms with Crippen LogP contribution in [0.25, 0.3) is 0 Å². The minimum absolute atomic E-state index is 0.431. The SMILES string of the molecule is CN=C(NCCN1CCCCC1)NCC1(CCOC)CCC1. The lowest BCUT2D eigenvalue weighted by atomic mass is 9.67. The minimum atomic E-state index is 0.431. The number of hydrogen-bond acceptors (Lipinski definition) is 3. The number of hydrogen-bond donors (Lipinski definition) is 2. The van der Waals surface area contributed by atoms with Crippen LogP contribution in [0.15, 0.2) is 4.99 Å². The lowest BCUT2D eigenvalue weighted by molar-refractivity contribution is 0.0732. The maximum Gasteiger partial charge on any atom is 0.191 e. The van der Waals surface area contributed by atoms with Crippen LogP contribution in [0.3, 0.4) is 0 Å². The average Bonchev–Trinajstić information content (AvgIpc) is 2.52. The minimum Gasteiger partial charge on any atom is -0.385 e. The van der Waals surface area contributed by atoms with Crippen molar-refractivity contribution in [3.63, 3.8) is 0 Å². The van der Waals surface area contributed by atoms with Crippen molar-refractivity contribution >= 4 is 5.96 Å². The molecule has 2 fully saturated rings. The van der Waals surface area contributed by atoms with Crippen LogP contribution in [0.5, 0.6) is 0 Å². The molecule has 0 bridgehead atoms. The predicted octanol–water partition coefficient (Wildman–Crippen LogP) is 1.84. The van der Waals surface area contributed by atoms with Crippen LogP contribution < -0.4 is 10.6 Å². The molecular weight excluding hydrogens is 276 g/mol. The second-order valence-electron chi connectivity index (χ2n) is 6.85. The van der Waals surface area contributed by atoms with Gasteiger partial charge in [0, 0.05) is 40.4 Å². The lowest BCUT2D eigenvalue weighted by Crippen LogP contribution is -2.48. The number of methoxy groups -OCH3 is 1. The van der Waals surface area contributed by atoms with Gasteiger partial charge in [-0.1, -0.05) is 12.8 Å². The highest BCUT2D eigenvalue weighted by atomic mass is 16.5. The molecule has 1 aliphatic carbocycles. The van der Waals surface area contributed by atoms with Gasteiger partial charge in [-0.2, -0.15) is 0 Å². The van der Waals surface area contributed by atoms with E-state index in [0.717, 1.165) is 38.6 Å². The number of ether oxygens (including phenoxy) is 1. The van der Waals surface area contributed by atoms with Crippen molar-refractivity contribution in [3.05, 3.63) is 0 Å². The average molecular weight is 310 g/mol. The Balaban J connectivity index is 1.64. The highest BCUT2D eigenvalue weighted by Gasteiger charge is 2.36. The second-order valence-corrected chi connectivity index (χ2v) is 6.85. The van der Waals surface area contributed by atoms with Gasteiger partial charge in [0.2, 0.25) is 0 Å². The summed E-state index contributed by atoms with van der Waals surface area (Å²) in [5.74, 6) is 0.945. The number of likely N-dealkylation sites (tertiary alicyclic amines) is 1. The third kappa shape index (κ3) is 5.43. The Labute approximate surface area is 135 Å². The zero-order valence-corrected chi connectivity index (χ0v) is 14.5. The van der Waals surface area contributed by atoms with Crippen LogP contribution >= 0.6 is 0 Å². The fourth-order valence-corrected chi connectivity index (χ4v) is 3.52. The Morgan fingerprint density at radius 1 is 1.14 bits per heavy atom. The van der Waals surface area contributed by atoms with Gasteiger partial charge in [0.25, 0.3) is 0 Å². The molecule has 0 aromatic carbocycles. The molecule has 0 aromatic rings. The summed E-state index contributed by atoms with van der Waals surface area (Å²) >= 11 is 0. The summed E-state index contributed by atoms with van der Waals surface area (Å²) in [4.78, 5) is 6.91. The van der Waals surface area contributed by atoms with Gasteiger partial charge >= 0.3 is 0 Å². The summed E-state index contributed by atoms with van der Waals surface area (Å²) in [5.41, 5.74) is 0.431. The zero-order chi connectivity index (χ0) is 15.7. The van der Waals surface area contributed by atoms with Crippen molar-refractivity contribution in [1.82, 2.24) is 15.5 Å². The van der Waals surface area contributed by atoms with Gasteiger partial charge in [-0.25, -0.2) is 0 Å². The van der Waals surface area contributed by atoms with E-state index in [1.165, 1.54) is 51.6 Å². The smallest absolute Gasteiger partial charge is 0.191 e. The van der Waals surface area contributed by atoms with Gasteiger partial charge in [0.05, 0.1) is 0 Å². The number of piperidine rings is 1. The van der Waals surface area contributed by atoms with E-state index < -0.39 is 0 Å². The molecule has 0 spiro atoms. The standard InChI is InChI=1S/C17H34N4O/c1-18-16(19-10-13-21-11-4-3-5-12-21)20-15-17(7-6-8-17)9-14-22-2/h3-15H2,1-2H3,(H2,18,19,20). The van der Waals surface area contributed by atoms with Crippen molar-refractivity contribution in [1.29, 1.82) is 0 Å². The first-order valence-electron chi connectivity index (χ1n) is 8.94. The number of rotatable bonds is 8. The Bertz CT molecular complexity index is 336. The van der Waals surface area contributed by atoms with Crippen molar-refractivity contribution < 1.29 is 4.74 Å². The van der Waals surface area contributed by atoms with Crippen molar-refractivity contribution in [2.24, 2.45) is 10.4 Å². The molecule has 128 valence electrons. The monoisotopic (exact) mass is 310 g/mol. The van der Waals surface area contributed by atoms with Crippen LogP contribution in [0.2, 0.25) is 0 Å². The fourth-order valence-electron chi connectivity index (χ4n) is 3.52. The summed E-state index contributed by atoms with van der Waals surface area (Å²) in [6.07, 6.45) is 9.25. The molecule has 5 nitrogen and oxygen atoms in total. The predicted molar refractivity (Wildman–Crippen MR) is 92.4 cm³/mol. The topological polar surface area (TPSA) is 48.9 Å². The van der Waals surface area contributed by atoms with Crippen molar-refractivity contribution in [2.75, 3.05) is 53.5 Å². The normalized spacial score (nSPS) is 22.2. The molecule has 0 unspecified atom stereocenters. The summed E-state index contributed by atoms with van der Waals surface area (Å²) in [6, 6.07) is 0. The molecule has 1 saturated carbocycles. The third-order valence-electron chi connectivity index (χ3n) is 5.27. The summed E-state index contributed by atoms with van der Waals surface area (Å²) in [7, 11) is 3.65. The molecule has 2 aliphatic rings. The van der Waals surface area contributed by atoms with Crippen molar-refractivity contribution in [3.8, 4) is 0 Å². The van der Waals surface area contributed by atoms with Crippen molar-refractivity contribution in [2.45, 2.75) is 44.9 Å². The molecule has 1 aliphatic heterocycles. The van der Waals surface area contributed by atoms with Gasteiger partial charge in [-0.05, 0) is 50.6 Å². The Hall–Kier alpha value is -0.810. The first-order chi connectivity index (χ1) is 10.8. The Morgan fingerprint density at radius 3 is 2.50 bits per heavy atom. The van der Waals surface area contributed by atoms with E-state index in [0.29, 0.717) is 5.41 Å². The number of aliphatic imine (C=N–C) groups is 1. The first-order valence-corrected chi connectivity index (χ1v) is 8.94. The molecule has 0 radical (unpaired) electrons. The van der Waals surface area contributed by atoms with E-state index in [1.54, 1.807) is 7.11 Å². The fraction of sp³-hybridized carbons (Fsp3) is 0.941. The van der Waals surface area contributed by atoms with Crippen LogP contribution in [0.1, 0.15) is 44.9 Å². The van der Waals surface area contributed by atoms with E-state index in [4.69, 9.17) is 4.74 Å². The van der Waals surface area contributed by atoms with Crippen LogP contribution in [0, 0.1) is 5.41 Å². The molecule has 2 N–H and O–H groups in total. The van der Waals surface area contributed by atoms with Gasteiger partial charge in [-0.3, -0.25) is 4.99 Å². The highest BCUT2D eigenvalue weighted by Crippen LogP contribution is 2.43. The van der Waals surface area contributed by atoms with E-state index in [-0.39, 0.29) is 0 Å². The number of guanidine groups is 1. The molecule has 0 atom stereocenters. The molecule has 2 rings (SSSR count).